The van der Waals surface area contributed by atoms with Gasteiger partial charge in [-0.25, -0.2) is 0 Å². The molecule has 0 fully saturated rings. The number of rotatable bonds is 7. The van der Waals surface area contributed by atoms with Crippen molar-refractivity contribution >= 4 is 35.3 Å². The largest absolute Gasteiger partial charge is 0.502 e. The van der Waals surface area contributed by atoms with Crippen molar-refractivity contribution in [1.82, 2.24) is 0 Å². The lowest BCUT2D eigenvalue weighted by atomic mass is 9.89. The minimum Gasteiger partial charge on any atom is -0.502 e. The summed E-state index contributed by atoms with van der Waals surface area (Å²) in [6.07, 6.45) is 7.32. The first kappa shape index (κ1) is 24.2. The molecule has 6 heteroatoms. The number of phenolic OH excluding ortho intramolecular Hbond substituents is 1. The number of para-hydroxylation sites is 2. The van der Waals surface area contributed by atoms with Crippen molar-refractivity contribution in [3.63, 3.8) is 0 Å². The Morgan fingerprint density at radius 1 is 0.914 bits per heavy atom. The van der Waals surface area contributed by atoms with Gasteiger partial charge in [0.05, 0.1) is 24.9 Å². The van der Waals surface area contributed by atoms with Crippen molar-refractivity contribution in [3.8, 4) is 17.2 Å². The lowest BCUT2D eigenvalue weighted by Crippen LogP contribution is -2.06. The van der Waals surface area contributed by atoms with E-state index in [4.69, 9.17) is 21.1 Å². The number of allylic oxidation sites excluding steroid dienone is 4. The molecule has 0 aromatic heterocycles. The maximum Gasteiger partial charge on any atom is 0.200 e. The number of aromatic hydroxyl groups is 1. The van der Waals surface area contributed by atoms with Gasteiger partial charge in [0.25, 0.3) is 0 Å². The highest BCUT2D eigenvalue weighted by Gasteiger charge is 2.20. The van der Waals surface area contributed by atoms with E-state index in [2.05, 4.69) is 10.3 Å². The van der Waals surface area contributed by atoms with Crippen LogP contribution in [0.4, 0.5) is 11.4 Å². The van der Waals surface area contributed by atoms with Crippen LogP contribution >= 0.6 is 11.6 Å². The summed E-state index contributed by atoms with van der Waals surface area (Å²) >= 11 is 6.93. The van der Waals surface area contributed by atoms with Crippen LogP contribution in [0.3, 0.4) is 0 Å². The summed E-state index contributed by atoms with van der Waals surface area (Å²) in [7, 11) is 3.03. The number of halogens is 1. The summed E-state index contributed by atoms with van der Waals surface area (Å²) < 4.78 is 10.6. The van der Waals surface area contributed by atoms with Crippen LogP contribution in [0.5, 0.6) is 17.2 Å². The molecule has 3 aromatic carbocycles. The van der Waals surface area contributed by atoms with Crippen LogP contribution < -0.4 is 14.8 Å². The molecule has 0 atom stereocenters. The smallest absolute Gasteiger partial charge is 0.200 e. The molecule has 5 nitrogen and oxygen atoms in total. The van der Waals surface area contributed by atoms with E-state index >= 15 is 0 Å². The predicted molar refractivity (Wildman–Crippen MR) is 144 cm³/mol. The first-order valence-electron chi connectivity index (χ1n) is 11.2. The highest BCUT2D eigenvalue weighted by Crippen LogP contribution is 2.40. The summed E-state index contributed by atoms with van der Waals surface area (Å²) in [6.45, 7) is 0. The second kappa shape index (κ2) is 11.4. The molecule has 0 spiro atoms. The fourth-order valence-corrected chi connectivity index (χ4v) is 4.13. The van der Waals surface area contributed by atoms with Crippen LogP contribution in [-0.4, -0.2) is 25.5 Å². The van der Waals surface area contributed by atoms with Crippen molar-refractivity contribution in [2.45, 2.75) is 12.8 Å². The van der Waals surface area contributed by atoms with Gasteiger partial charge in [0.2, 0.25) is 5.75 Å². The average molecular weight is 487 g/mol. The number of aliphatic imine (C=N–C) groups is 1. The zero-order valence-electron chi connectivity index (χ0n) is 19.7. The van der Waals surface area contributed by atoms with Crippen molar-refractivity contribution < 1.29 is 14.6 Å². The number of hydrogen-bond donors (Lipinski definition) is 2. The van der Waals surface area contributed by atoms with Gasteiger partial charge < -0.3 is 19.9 Å². The summed E-state index contributed by atoms with van der Waals surface area (Å²) in [5, 5.41) is 14.3. The number of benzene rings is 3. The van der Waals surface area contributed by atoms with Gasteiger partial charge in [-0.15, -0.1) is 0 Å². The van der Waals surface area contributed by atoms with Gasteiger partial charge in [0.15, 0.2) is 11.5 Å². The fourth-order valence-electron chi connectivity index (χ4n) is 3.81. The molecule has 0 aliphatic heterocycles. The predicted octanol–water partition coefficient (Wildman–Crippen LogP) is 7.48. The number of nitrogens with zero attached hydrogens (tertiary/aromatic N) is 1. The monoisotopic (exact) mass is 486 g/mol. The molecule has 0 unspecified atom stereocenters. The van der Waals surface area contributed by atoms with Gasteiger partial charge in [-0.2, -0.15) is 0 Å². The molecule has 0 saturated heterocycles. The third-order valence-corrected chi connectivity index (χ3v) is 6.10. The number of anilines is 1. The Balaban J connectivity index is 1.74. The molecule has 0 saturated carbocycles. The normalized spacial score (nSPS) is 16.2. The first-order chi connectivity index (χ1) is 17.1. The van der Waals surface area contributed by atoms with E-state index in [0.717, 1.165) is 46.5 Å². The number of nitrogens with one attached hydrogen (secondary N) is 1. The number of methoxy groups -OCH3 is 2. The van der Waals surface area contributed by atoms with E-state index in [1.54, 1.807) is 12.1 Å². The second-order valence-corrected chi connectivity index (χ2v) is 8.32. The van der Waals surface area contributed by atoms with Gasteiger partial charge in [-0.3, -0.25) is 4.99 Å². The lowest BCUT2D eigenvalue weighted by molar-refractivity contribution is 0.340. The van der Waals surface area contributed by atoms with Crippen LogP contribution in [-0.2, 0) is 0 Å². The fraction of sp³-hybridized carbons (Fsp3) is 0.138. The molecule has 35 heavy (non-hydrogen) atoms. The third-order valence-electron chi connectivity index (χ3n) is 5.65. The van der Waals surface area contributed by atoms with Crippen LogP contribution in [0.1, 0.15) is 18.4 Å². The van der Waals surface area contributed by atoms with Gasteiger partial charge in [0, 0.05) is 23.7 Å². The molecule has 2 N–H and O–H groups in total. The Morgan fingerprint density at radius 2 is 1.54 bits per heavy atom. The van der Waals surface area contributed by atoms with Crippen molar-refractivity contribution in [2.24, 2.45) is 4.99 Å². The van der Waals surface area contributed by atoms with Crippen LogP contribution in [0.15, 0.2) is 106 Å². The Labute approximate surface area is 210 Å². The first-order valence-corrected chi connectivity index (χ1v) is 11.6. The summed E-state index contributed by atoms with van der Waals surface area (Å²) in [5.41, 5.74) is 5.56. The molecule has 3 aromatic rings. The molecule has 4 rings (SSSR count). The summed E-state index contributed by atoms with van der Waals surface area (Å²) in [5.74, 6) is 0.661. The standard InChI is InChI=1S/C29H27ClN2O3/c1-34-26-16-20(17-27(35-2)29(26)33)15-21-13-14-22(18-31-23-9-5-3-6-10-23)28(30)25(21)19-32-24-11-7-4-8-12-24/h3-12,15-19,32-33H,13-14H2,1-2H3/b21-15+,25-19-,31-18?. The molecule has 178 valence electrons. The Morgan fingerprint density at radius 3 is 2.17 bits per heavy atom. The Hall–Kier alpha value is -3.96. The molecular weight excluding hydrogens is 460 g/mol. The molecule has 0 bridgehead atoms. The molecule has 1 aliphatic rings. The van der Waals surface area contributed by atoms with E-state index < -0.39 is 0 Å². The Kier molecular flexibility index (Phi) is 7.91. The maximum atomic E-state index is 10.3. The van der Waals surface area contributed by atoms with Gasteiger partial charge in [-0.1, -0.05) is 54.1 Å². The van der Waals surface area contributed by atoms with Gasteiger partial charge >= 0.3 is 0 Å². The minimum atomic E-state index is -0.0281. The van der Waals surface area contributed by atoms with E-state index in [1.165, 1.54) is 14.2 Å². The average Bonchev–Trinajstić information content (AvgIpc) is 2.90. The topological polar surface area (TPSA) is 63.1 Å². The number of phenols is 1. The van der Waals surface area contributed by atoms with Crippen molar-refractivity contribution in [2.75, 3.05) is 19.5 Å². The van der Waals surface area contributed by atoms with E-state index in [-0.39, 0.29) is 5.75 Å². The Bertz CT molecular complexity index is 1270. The molecule has 0 heterocycles. The second-order valence-electron chi connectivity index (χ2n) is 7.94. The lowest BCUT2D eigenvalue weighted by Gasteiger charge is -2.21. The van der Waals surface area contributed by atoms with E-state index in [1.807, 2.05) is 79.2 Å². The minimum absolute atomic E-state index is 0.0281. The zero-order valence-corrected chi connectivity index (χ0v) is 20.4. The molecule has 0 radical (unpaired) electrons. The highest BCUT2D eigenvalue weighted by molar-refractivity contribution is 6.34. The quantitative estimate of drug-likeness (QED) is 0.340. The van der Waals surface area contributed by atoms with E-state index in [9.17, 15) is 5.11 Å². The molecular formula is C29H27ClN2O3. The third kappa shape index (κ3) is 5.94. The van der Waals surface area contributed by atoms with Crippen LogP contribution in [0.2, 0.25) is 0 Å². The molecule has 1 aliphatic carbocycles. The van der Waals surface area contributed by atoms with Gasteiger partial charge in [-0.05, 0) is 65.9 Å². The zero-order chi connectivity index (χ0) is 24.6. The van der Waals surface area contributed by atoms with Crippen molar-refractivity contribution in [1.29, 1.82) is 0 Å². The van der Waals surface area contributed by atoms with Crippen LogP contribution in [0, 0.1) is 0 Å². The van der Waals surface area contributed by atoms with Crippen LogP contribution in [0.25, 0.3) is 6.08 Å². The maximum absolute atomic E-state index is 10.3. The summed E-state index contributed by atoms with van der Waals surface area (Å²) in [6, 6.07) is 23.3. The number of ether oxygens (including phenoxy) is 2. The molecule has 0 amide bonds. The summed E-state index contributed by atoms with van der Waals surface area (Å²) in [4.78, 5) is 4.60. The SMILES string of the molecule is COc1cc(/C=C2\CCC(C=Nc3ccccc3)=C(Cl)\C2=C/Nc2ccccc2)cc(OC)c1O. The van der Waals surface area contributed by atoms with Crippen molar-refractivity contribution in [3.05, 3.63) is 106 Å². The van der Waals surface area contributed by atoms with Gasteiger partial charge in [0.1, 0.15) is 0 Å². The highest BCUT2D eigenvalue weighted by atomic mass is 35.5. The van der Waals surface area contributed by atoms with E-state index in [0.29, 0.717) is 16.5 Å². The number of hydrogen-bond acceptors (Lipinski definition) is 5.